The predicted molar refractivity (Wildman–Crippen MR) is 59.2 cm³/mol. The number of carbonyl (C=O) groups is 1. The zero-order valence-electron chi connectivity index (χ0n) is 9.48. The molecule has 0 spiro atoms. The Kier molecular flexibility index (Phi) is 3.29. The first-order chi connectivity index (χ1) is 7.78. The first kappa shape index (κ1) is 11.2. The summed E-state index contributed by atoms with van der Waals surface area (Å²) in [6.07, 6.45) is 9.46. The van der Waals surface area contributed by atoms with Crippen LogP contribution in [0.1, 0.15) is 42.6 Å². The van der Waals surface area contributed by atoms with Crippen LogP contribution in [0.25, 0.3) is 0 Å². The molecule has 0 saturated heterocycles. The van der Waals surface area contributed by atoms with Crippen molar-refractivity contribution in [2.75, 3.05) is 7.11 Å². The molecule has 0 atom stereocenters. The van der Waals surface area contributed by atoms with Gasteiger partial charge in [-0.05, 0) is 12.8 Å². The van der Waals surface area contributed by atoms with Crippen molar-refractivity contribution in [3.63, 3.8) is 0 Å². The van der Waals surface area contributed by atoms with Gasteiger partial charge in [-0.25, -0.2) is 4.98 Å². The molecule has 1 heterocycles. The number of ketones is 1. The van der Waals surface area contributed by atoms with E-state index in [2.05, 4.69) is 9.97 Å². The number of nitrogens with zero attached hydrogens (tertiary/aromatic N) is 2. The SMILES string of the molecule is COC1(C(=O)c2cnccn2)CCCCC1. The fourth-order valence-corrected chi connectivity index (χ4v) is 2.30. The number of rotatable bonds is 3. The predicted octanol–water partition coefficient (Wildman–Crippen LogP) is 2.01. The lowest BCUT2D eigenvalue weighted by Gasteiger charge is -2.33. The molecule has 1 aliphatic rings. The summed E-state index contributed by atoms with van der Waals surface area (Å²) in [6.45, 7) is 0. The van der Waals surface area contributed by atoms with Crippen molar-refractivity contribution < 1.29 is 9.53 Å². The molecule has 4 nitrogen and oxygen atoms in total. The van der Waals surface area contributed by atoms with Crippen LogP contribution in [0.15, 0.2) is 18.6 Å². The van der Waals surface area contributed by atoms with E-state index >= 15 is 0 Å². The summed E-state index contributed by atoms with van der Waals surface area (Å²) in [5.74, 6) is -0.0252. The van der Waals surface area contributed by atoms with Gasteiger partial charge in [-0.2, -0.15) is 0 Å². The molecule has 0 aromatic carbocycles. The molecule has 2 rings (SSSR count). The fraction of sp³-hybridized carbons (Fsp3) is 0.583. The van der Waals surface area contributed by atoms with Gasteiger partial charge in [-0.1, -0.05) is 19.3 Å². The number of hydrogen-bond donors (Lipinski definition) is 0. The topological polar surface area (TPSA) is 52.1 Å². The zero-order chi connectivity index (χ0) is 11.4. The Hall–Kier alpha value is -1.29. The van der Waals surface area contributed by atoms with Gasteiger partial charge in [-0.3, -0.25) is 9.78 Å². The number of carbonyl (C=O) groups excluding carboxylic acids is 1. The van der Waals surface area contributed by atoms with E-state index < -0.39 is 5.60 Å². The largest absolute Gasteiger partial charge is 0.370 e. The Balaban J connectivity index is 2.24. The van der Waals surface area contributed by atoms with Crippen LogP contribution in [0.3, 0.4) is 0 Å². The van der Waals surface area contributed by atoms with E-state index in [0.29, 0.717) is 5.69 Å². The lowest BCUT2D eigenvalue weighted by Crippen LogP contribution is -2.43. The number of aromatic nitrogens is 2. The summed E-state index contributed by atoms with van der Waals surface area (Å²) in [6, 6.07) is 0. The maximum Gasteiger partial charge on any atom is 0.214 e. The second-order valence-corrected chi connectivity index (χ2v) is 4.18. The van der Waals surface area contributed by atoms with E-state index in [4.69, 9.17) is 4.74 Å². The molecule has 16 heavy (non-hydrogen) atoms. The van der Waals surface area contributed by atoms with Gasteiger partial charge in [0.1, 0.15) is 11.3 Å². The molecule has 0 unspecified atom stereocenters. The molecule has 0 bridgehead atoms. The molecule has 0 amide bonds. The third-order valence-corrected chi connectivity index (χ3v) is 3.26. The molecule has 1 aromatic heterocycles. The lowest BCUT2D eigenvalue weighted by molar-refractivity contribution is -0.0198. The fourth-order valence-electron chi connectivity index (χ4n) is 2.30. The Bertz CT molecular complexity index is 359. The van der Waals surface area contributed by atoms with Crippen LogP contribution in [0, 0.1) is 0 Å². The van der Waals surface area contributed by atoms with Gasteiger partial charge in [0, 0.05) is 19.5 Å². The van der Waals surface area contributed by atoms with Gasteiger partial charge in [-0.15, -0.1) is 0 Å². The van der Waals surface area contributed by atoms with Crippen LogP contribution < -0.4 is 0 Å². The van der Waals surface area contributed by atoms with Crippen molar-refractivity contribution in [2.45, 2.75) is 37.7 Å². The molecule has 0 N–H and O–H groups in total. The molecular weight excluding hydrogens is 204 g/mol. The van der Waals surface area contributed by atoms with Crippen molar-refractivity contribution in [1.82, 2.24) is 9.97 Å². The van der Waals surface area contributed by atoms with E-state index in [1.165, 1.54) is 12.6 Å². The van der Waals surface area contributed by atoms with Crippen LogP contribution in [-0.4, -0.2) is 28.5 Å². The second-order valence-electron chi connectivity index (χ2n) is 4.18. The van der Waals surface area contributed by atoms with E-state index in [-0.39, 0.29) is 5.78 Å². The normalized spacial score (nSPS) is 19.3. The molecule has 1 fully saturated rings. The average Bonchev–Trinajstić information content (AvgIpc) is 2.39. The smallest absolute Gasteiger partial charge is 0.214 e. The maximum atomic E-state index is 12.3. The van der Waals surface area contributed by atoms with Crippen LogP contribution in [0.4, 0.5) is 0 Å². The molecule has 86 valence electrons. The summed E-state index contributed by atoms with van der Waals surface area (Å²) in [5.41, 5.74) is -0.250. The van der Waals surface area contributed by atoms with Gasteiger partial charge in [0.25, 0.3) is 0 Å². The van der Waals surface area contributed by atoms with Crippen LogP contribution >= 0.6 is 0 Å². The number of hydrogen-bond acceptors (Lipinski definition) is 4. The molecule has 4 heteroatoms. The maximum absolute atomic E-state index is 12.3. The highest BCUT2D eigenvalue weighted by Gasteiger charge is 2.40. The van der Waals surface area contributed by atoms with Crippen LogP contribution in [0.2, 0.25) is 0 Å². The Morgan fingerprint density at radius 3 is 2.62 bits per heavy atom. The third kappa shape index (κ3) is 1.97. The number of methoxy groups -OCH3 is 1. The first-order valence-corrected chi connectivity index (χ1v) is 5.64. The molecule has 0 aliphatic heterocycles. The average molecular weight is 220 g/mol. The summed E-state index contributed by atoms with van der Waals surface area (Å²) >= 11 is 0. The highest BCUT2D eigenvalue weighted by Crippen LogP contribution is 2.33. The Labute approximate surface area is 95.1 Å². The van der Waals surface area contributed by atoms with Crippen molar-refractivity contribution in [2.24, 2.45) is 0 Å². The summed E-state index contributed by atoms with van der Waals surface area (Å²) in [7, 11) is 1.61. The standard InChI is InChI=1S/C12H16N2O2/c1-16-12(5-3-2-4-6-12)11(15)10-9-13-7-8-14-10/h7-9H,2-6H2,1H3. The van der Waals surface area contributed by atoms with Crippen LogP contribution in [-0.2, 0) is 4.74 Å². The molecule has 1 aromatic rings. The third-order valence-electron chi connectivity index (χ3n) is 3.26. The van der Waals surface area contributed by atoms with Gasteiger partial charge in [0.2, 0.25) is 5.78 Å². The second kappa shape index (κ2) is 4.70. The summed E-state index contributed by atoms with van der Waals surface area (Å²) in [5, 5.41) is 0. The minimum absolute atomic E-state index is 0.0252. The zero-order valence-corrected chi connectivity index (χ0v) is 9.48. The molecular formula is C12H16N2O2. The Morgan fingerprint density at radius 2 is 2.06 bits per heavy atom. The van der Waals surface area contributed by atoms with E-state index in [1.54, 1.807) is 19.5 Å². The highest BCUT2D eigenvalue weighted by atomic mass is 16.5. The minimum Gasteiger partial charge on any atom is -0.370 e. The van der Waals surface area contributed by atoms with Crippen molar-refractivity contribution in [3.8, 4) is 0 Å². The van der Waals surface area contributed by atoms with E-state index in [9.17, 15) is 4.79 Å². The van der Waals surface area contributed by atoms with Crippen molar-refractivity contribution >= 4 is 5.78 Å². The van der Waals surface area contributed by atoms with Crippen LogP contribution in [0.5, 0.6) is 0 Å². The van der Waals surface area contributed by atoms with Gasteiger partial charge in [0.15, 0.2) is 0 Å². The molecule has 1 aliphatic carbocycles. The van der Waals surface area contributed by atoms with Crippen molar-refractivity contribution in [1.29, 1.82) is 0 Å². The van der Waals surface area contributed by atoms with Gasteiger partial charge in [0.05, 0.1) is 6.20 Å². The van der Waals surface area contributed by atoms with E-state index in [1.807, 2.05) is 0 Å². The Morgan fingerprint density at radius 1 is 1.31 bits per heavy atom. The quantitative estimate of drug-likeness (QED) is 0.731. The monoisotopic (exact) mass is 220 g/mol. The van der Waals surface area contributed by atoms with Gasteiger partial charge >= 0.3 is 0 Å². The molecule has 0 radical (unpaired) electrons. The highest BCUT2D eigenvalue weighted by molar-refractivity contribution is 6.00. The number of ether oxygens (including phenoxy) is 1. The van der Waals surface area contributed by atoms with E-state index in [0.717, 1.165) is 25.7 Å². The van der Waals surface area contributed by atoms with Gasteiger partial charge < -0.3 is 4.74 Å². The van der Waals surface area contributed by atoms with Crippen molar-refractivity contribution in [3.05, 3.63) is 24.3 Å². The first-order valence-electron chi connectivity index (χ1n) is 5.64. The number of Topliss-reactive ketones (excluding diaryl/α,β-unsaturated/α-hetero) is 1. The summed E-state index contributed by atoms with van der Waals surface area (Å²) < 4.78 is 5.48. The molecule has 1 saturated carbocycles. The minimum atomic E-state index is -0.658. The summed E-state index contributed by atoms with van der Waals surface area (Å²) in [4.78, 5) is 20.3. The lowest BCUT2D eigenvalue weighted by atomic mass is 9.80.